The molecular formula is C13H17BrO3S. The third kappa shape index (κ3) is 5.42. The molecule has 0 aromatic heterocycles. The van der Waals surface area contributed by atoms with Crippen molar-refractivity contribution in [1.82, 2.24) is 0 Å². The molecule has 5 heteroatoms. The van der Waals surface area contributed by atoms with Gasteiger partial charge in [0.15, 0.2) is 0 Å². The summed E-state index contributed by atoms with van der Waals surface area (Å²) in [6, 6.07) is 5.56. The lowest BCUT2D eigenvalue weighted by molar-refractivity contribution is -0.151. The standard InChI is InChI=1S/C13H17BrO3S/c1-13(2,3)17-12(16)8-18-11-5-4-9(7-15)6-10(11)14/h4-6,15H,7-8H2,1-3H3. The number of ether oxygens (including phenoxy) is 1. The number of aliphatic hydroxyl groups excluding tert-OH is 1. The van der Waals surface area contributed by atoms with E-state index in [0.717, 1.165) is 14.9 Å². The second kappa shape index (κ2) is 6.59. The maximum atomic E-state index is 11.6. The molecule has 0 aliphatic heterocycles. The zero-order chi connectivity index (χ0) is 13.8. The molecule has 0 atom stereocenters. The highest BCUT2D eigenvalue weighted by Gasteiger charge is 2.16. The zero-order valence-corrected chi connectivity index (χ0v) is 13.1. The van der Waals surface area contributed by atoms with Crippen LogP contribution in [0.3, 0.4) is 0 Å². The van der Waals surface area contributed by atoms with Gasteiger partial charge in [0, 0.05) is 9.37 Å². The van der Waals surface area contributed by atoms with Gasteiger partial charge in [-0.15, -0.1) is 11.8 Å². The Balaban J connectivity index is 2.56. The van der Waals surface area contributed by atoms with E-state index in [0.29, 0.717) is 0 Å². The first-order valence-electron chi connectivity index (χ1n) is 5.56. The second-order valence-corrected chi connectivity index (χ2v) is 6.67. The average Bonchev–Trinajstić information content (AvgIpc) is 2.25. The number of hydrogen-bond acceptors (Lipinski definition) is 4. The van der Waals surface area contributed by atoms with Crippen molar-refractivity contribution in [3.63, 3.8) is 0 Å². The van der Waals surface area contributed by atoms with Gasteiger partial charge in [0.05, 0.1) is 12.4 Å². The maximum Gasteiger partial charge on any atom is 0.316 e. The Morgan fingerprint density at radius 1 is 1.44 bits per heavy atom. The van der Waals surface area contributed by atoms with Crippen molar-refractivity contribution in [3.05, 3.63) is 28.2 Å². The lowest BCUT2D eigenvalue weighted by Crippen LogP contribution is -2.24. The predicted molar refractivity (Wildman–Crippen MR) is 76.6 cm³/mol. The van der Waals surface area contributed by atoms with Gasteiger partial charge in [0.25, 0.3) is 0 Å². The third-order valence-electron chi connectivity index (χ3n) is 1.94. The Morgan fingerprint density at radius 2 is 2.11 bits per heavy atom. The van der Waals surface area contributed by atoms with Crippen LogP contribution in [0, 0.1) is 0 Å². The Kier molecular flexibility index (Phi) is 5.69. The summed E-state index contributed by atoms with van der Waals surface area (Å²) in [6.45, 7) is 5.56. The lowest BCUT2D eigenvalue weighted by atomic mass is 10.2. The number of carbonyl (C=O) groups is 1. The van der Waals surface area contributed by atoms with Crippen LogP contribution in [0.4, 0.5) is 0 Å². The molecule has 0 fully saturated rings. The van der Waals surface area contributed by atoms with Crippen molar-refractivity contribution in [2.45, 2.75) is 37.9 Å². The Bertz CT molecular complexity index is 427. The number of esters is 1. The SMILES string of the molecule is CC(C)(C)OC(=O)CSc1ccc(CO)cc1Br. The summed E-state index contributed by atoms with van der Waals surface area (Å²) in [7, 11) is 0. The average molecular weight is 333 g/mol. The molecule has 0 unspecified atom stereocenters. The van der Waals surface area contributed by atoms with Gasteiger partial charge < -0.3 is 9.84 Å². The molecule has 0 saturated heterocycles. The van der Waals surface area contributed by atoms with Crippen molar-refractivity contribution in [2.75, 3.05) is 5.75 Å². The van der Waals surface area contributed by atoms with Crippen LogP contribution in [0.1, 0.15) is 26.3 Å². The molecular weight excluding hydrogens is 316 g/mol. The fourth-order valence-electron chi connectivity index (χ4n) is 1.27. The first-order chi connectivity index (χ1) is 8.31. The van der Waals surface area contributed by atoms with Crippen molar-refractivity contribution < 1.29 is 14.6 Å². The van der Waals surface area contributed by atoms with Gasteiger partial charge in [-0.1, -0.05) is 6.07 Å². The minimum atomic E-state index is -0.449. The first kappa shape index (κ1) is 15.5. The number of rotatable bonds is 4. The highest BCUT2D eigenvalue weighted by atomic mass is 79.9. The molecule has 0 aliphatic carbocycles. The molecule has 0 heterocycles. The normalized spacial score (nSPS) is 11.4. The number of halogens is 1. The van der Waals surface area contributed by atoms with Gasteiger partial charge in [-0.3, -0.25) is 4.79 Å². The molecule has 0 amide bonds. The van der Waals surface area contributed by atoms with E-state index in [-0.39, 0.29) is 18.3 Å². The number of aliphatic hydroxyl groups is 1. The first-order valence-corrected chi connectivity index (χ1v) is 7.33. The molecule has 0 bridgehead atoms. The van der Waals surface area contributed by atoms with Crippen LogP contribution in [0.5, 0.6) is 0 Å². The van der Waals surface area contributed by atoms with Crippen LogP contribution in [-0.2, 0) is 16.1 Å². The van der Waals surface area contributed by atoms with Crippen LogP contribution in [-0.4, -0.2) is 22.4 Å². The molecule has 18 heavy (non-hydrogen) atoms. The smallest absolute Gasteiger partial charge is 0.316 e. The van der Waals surface area contributed by atoms with Crippen LogP contribution in [0.15, 0.2) is 27.6 Å². The monoisotopic (exact) mass is 332 g/mol. The van der Waals surface area contributed by atoms with Gasteiger partial charge in [0.1, 0.15) is 5.60 Å². The summed E-state index contributed by atoms with van der Waals surface area (Å²) in [4.78, 5) is 12.5. The van der Waals surface area contributed by atoms with E-state index >= 15 is 0 Å². The Labute approximate surface area is 120 Å². The van der Waals surface area contributed by atoms with Crippen LogP contribution >= 0.6 is 27.7 Å². The van der Waals surface area contributed by atoms with E-state index in [1.54, 1.807) is 0 Å². The number of thioether (sulfide) groups is 1. The quantitative estimate of drug-likeness (QED) is 0.678. The topological polar surface area (TPSA) is 46.5 Å². The molecule has 0 radical (unpaired) electrons. The molecule has 1 aromatic carbocycles. The maximum absolute atomic E-state index is 11.6. The minimum Gasteiger partial charge on any atom is -0.459 e. The van der Waals surface area contributed by atoms with E-state index in [4.69, 9.17) is 9.84 Å². The van der Waals surface area contributed by atoms with Gasteiger partial charge in [-0.25, -0.2) is 0 Å². The fraction of sp³-hybridized carbons (Fsp3) is 0.462. The summed E-state index contributed by atoms with van der Waals surface area (Å²) in [5, 5.41) is 9.00. The zero-order valence-electron chi connectivity index (χ0n) is 10.7. The minimum absolute atomic E-state index is 0.00954. The highest BCUT2D eigenvalue weighted by Crippen LogP contribution is 2.28. The molecule has 1 rings (SSSR count). The highest BCUT2D eigenvalue weighted by molar-refractivity contribution is 9.10. The molecule has 3 nitrogen and oxygen atoms in total. The van der Waals surface area contributed by atoms with Crippen molar-refractivity contribution in [2.24, 2.45) is 0 Å². The van der Waals surface area contributed by atoms with Gasteiger partial charge in [-0.2, -0.15) is 0 Å². The lowest BCUT2D eigenvalue weighted by Gasteiger charge is -2.19. The van der Waals surface area contributed by atoms with Crippen LogP contribution in [0.2, 0.25) is 0 Å². The second-order valence-electron chi connectivity index (χ2n) is 4.80. The molecule has 0 aliphatic rings. The summed E-state index contributed by atoms with van der Waals surface area (Å²) >= 11 is 4.83. The van der Waals surface area contributed by atoms with Crippen LogP contribution < -0.4 is 0 Å². The van der Waals surface area contributed by atoms with Crippen LogP contribution in [0.25, 0.3) is 0 Å². The largest absolute Gasteiger partial charge is 0.459 e. The van der Waals surface area contributed by atoms with E-state index in [2.05, 4.69) is 15.9 Å². The number of hydrogen-bond donors (Lipinski definition) is 1. The molecule has 1 N–H and O–H groups in total. The van der Waals surface area contributed by atoms with Crippen molar-refractivity contribution in [1.29, 1.82) is 0 Å². The van der Waals surface area contributed by atoms with E-state index in [1.807, 2.05) is 39.0 Å². The number of carbonyl (C=O) groups excluding carboxylic acids is 1. The Hall–Kier alpha value is -0.520. The number of benzene rings is 1. The van der Waals surface area contributed by atoms with Gasteiger partial charge in [-0.05, 0) is 54.4 Å². The van der Waals surface area contributed by atoms with E-state index in [9.17, 15) is 4.79 Å². The molecule has 100 valence electrons. The summed E-state index contributed by atoms with van der Waals surface area (Å²) in [5.41, 5.74) is 0.388. The summed E-state index contributed by atoms with van der Waals surface area (Å²) in [5.74, 6) is 0.0413. The molecule has 0 saturated carbocycles. The summed E-state index contributed by atoms with van der Waals surface area (Å²) in [6.07, 6.45) is 0. The van der Waals surface area contributed by atoms with E-state index in [1.165, 1.54) is 11.8 Å². The molecule has 0 spiro atoms. The van der Waals surface area contributed by atoms with Gasteiger partial charge in [0.2, 0.25) is 0 Å². The summed E-state index contributed by atoms with van der Waals surface area (Å²) < 4.78 is 6.11. The van der Waals surface area contributed by atoms with E-state index < -0.39 is 5.60 Å². The van der Waals surface area contributed by atoms with Crippen molar-refractivity contribution >= 4 is 33.7 Å². The van der Waals surface area contributed by atoms with Crippen molar-refractivity contribution in [3.8, 4) is 0 Å². The predicted octanol–water partition coefficient (Wildman–Crippen LogP) is 3.38. The molecule has 1 aromatic rings. The fourth-order valence-corrected chi connectivity index (χ4v) is 2.73. The third-order valence-corrected chi connectivity index (χ3v) is 3.91. The Morgan fingerprint density at radius 3 is 2.61 bits per heavy atom. The van der Waals surface area contributed by atoms with Gasteiger partial charge >= 0.3 is 5.97 Å².